The van der Waals surface area contributed by atoms with E-state index in [-0.39, 0.29) is 18.0 Å². The molecule has 2 heterocycles. The molecule has 0 aliphatic heterocycles. The SMILES string of the molecule is COc1ccc(C(C)NC(=O)c2cc(C3CC3)nc3c2cnn3C(C)C)cc1Br. The van der Waals surface area contributed by atoms with Crippen LogP contribution in [0.5, 0.6) is 5.75 Å². The summed E-state index contributed by atoms with van der Waals surface area (Å²) in [6, 6.07) is 7.79. The highest BCUT2D eigenvalue weighted by Gasteiger charge is 2.28. The van der Waals surface area contributed by atoms with Crippen LogP contribution in [0.25, 0.3) is 11.0 Å². The third-order valence-electron chi connectivity index (χ3n) is 5.34. The molecule has 0 bridgehead atoms. The molecule has 1 aromatic carbocycles. The van der Waals surface area contributed by atoms with Crippen LogP contribution in [-0.2, 0) is 0 Å². The Morgan fingerprint density at radius 2 is 2.03 bits per heavy atom. The fourth-order valence-electron chi connectivity index (χ4n) is 3.50. The van der Waals surface area contributed by atoms with Crippen LogP contribution < -0.4 is 10.1 Å². The minimum Gasteiger partial charge on any atom is -0.496 e. The summed E-state index contributed by atoms with van der Waals surface area (Å²) >= 11 is 3.51. The Kier molecular flexibility index (Phi) is 5.34. The first-order valence-electron chi connectivity index (χ1n) is 9.91. The van der Waals surface area contributed by atoms with Crippen LogP contribution in [0.3, 0.4) is 0 Å². The Hall–Kier alpha value is -2.41. The molecule has 1 saturated carbocycles. The van der Waals surface area contributed by atoms with E-state index in [1.807, 2.05) is 35.9 Å². The number of fused-ring (bicyclic) bond motifs is 1. The highest BCUT2D eigenvalue weighted by molar-refractivity contribution is 9.10. The largest absolute Gasteiger partial charge is 0.496 e. The van der Waals surface area contributed by atoms with Gasteiger partial charge in [-0.25, -0.2) is 9.67 Å². The van der Waals surface area contributed by atoms with Gasteiger partial charge in [-0.3, -0.25) is 4.79 Å². The van der Waals surface area contributed by atoms with Gasteiger partial charge in [-0.05, 0) is 73.3 Å². The molecule has 1 aliphatic carbocycles. The Bertz CT molecular complexity index is 1070. The van der Waals surface area contributed by atoms with E-state index < -0.39 is 0 Å². The number of hydrogen-bond acceptors (Lipinski definition) is 4. The molecule has 29 heavy (non-hydrogen) atoms. The minimum atomic E-state index is -0.155. The topological polar surface area (TPSA) is 69.0 Å². The molecule has 4 rings (SSSR count). The number of hydrogen-bond donors (Lipinski definition) is 1. The number of carbonyl (C=O) groups excluding carboxylic acids is 1. The van der Waals surface area contributed by atoms with Gasteiger partial charge in [0.2, 0.25) is 0 Å². The molecule has 2 aromatic heterocycles. The lowest BCUT2D eigenvalue weighted by Gasteiger charge is -2.17. The van der Waals surface area contributed by atoms with E-state index >= 15 is 0 Å². The highest BCUT2D eigenvalue weighted by atomic mass is 79.9. The Morgan fingerprint density at radius 3 is 2.66 bits per heavy atom. The van der Waals surface area contributed by atoms with E-state index in [4.69, 9.17) is 9.72 Å². The summed E-state index contributed by atoms with van der Waals surface area (Å²) in [6.45, 7) is 6.12. The Labute approximate surface area is 178 Å². The molecule has 3 aromatic rings. The van der Waals surface area contributed by atoms with Gasteiger partial charge in [0, 0.05) is 17.7 Å². The van der Waals surface area contributed by atoms with Crippen LogP contribution in [0.1, 0.15) is 73.2 Å². The molecule has 0 radical (unpaired) electrons. The van der Waals surface area contributed by atoms with E-state index in [0.717, 1.165) is 45.4 Å². The zero-order valence-electron chi connectivity index (χ0n) is 17.1. The monoisotopic (exact) mass is 456 g/mol. The van der Waals surface area contributed by atoms with Crippen molar-refractivity contribution in [1.29, 1.82) is 0 Å². The van der Waals surface area contributed by atoms with Crippen molar-refractivity contribution in [3.05, 3.63) is 51.8 Å². The molecule has 0 saturated heterocycles. The van der Waals surface area contributed by atoms with Gasteiger partial charge in [0.05, 0.1) is 34.8 Å². The summed E-state index contributed by atoms with van der Waals surface area (Å²) in [5, 5.41) is 8.40. The van der Waals surface area contributed by atoms with Crippen LogP contribution in [0.2, 0.25) is 0 Å². The van der Waals surface area contributed by atoms with Gasteiger partial charge >= 0.3 is 0 Å². The summed E-state index contributed by atoms with van der Waals surface area (Å²) in [7, 11) is 1.63. The van der Waals surface area contributed by atoms with E-state index in [0.29, 0.717) is 11.5 Å². The van der Waals surface area contributed by atoms with Crippen LogP contribution in [-0.4, -0.2) is 27.8 Å². The Balaban J connectivity index is 1.66. The average Bonchev–Trinajstić information content (AvgIpc) is 3.45. The number of aromatic nitrogens is 3. The molecule has 152 valence electrons. The molecule has 6 nitrogen and oxygen atoms in total. The maximum Gasteiger partial charge on any atom is 0.252 e. The second kappa shape index (κ2) is 7.78. The number of rotatable bonds is 6. The van der Waals surface area contributed by atoms with Crippen molar-refractivity contribution < 1.29 is 9.53 Å². The number of carbonyl (C=O) groups is 1. The lowest BCUT2D eigenvalue weighted by molar-refractivity contribution is 0.0941. The molecular weight excluding hydrogens is 432 g/mol. The fraction of sp³-hybridized carbons (Fsp3) is 0.409. The number of benzene rings is 1. The zero-order chi connectivity index (χ0) is 20.7. The zero-order valence-corrected chi connectivity index (χ0v) is 18.7. The number of halogens is 1. The number of pyridine rings is 1. The summed E-state index contributed by atoms with van der Waals surface area (Å²) in [5.41, 5.74) is 3.42. The summed E-state index contributed by atoms with van der Waals surface area (Å²) < 4.78 is 8.04. The van der Waals surface area contributed by atoms with Crippen LogP contribution >= 0.6 is 15.9 Å². The van der Waals surface area contributed by atoms with E-state index in [1.54, 1.807) is 13.3 Å². The van der Waals surface area contributed by atoms with Gasteiger partial charge in [0.25, 0.3) is 5.91 Å². The third-order valence-corrected chi connectivity index (χ3v) is 5.96. The van der Waals surface area contributed by atoms with Gasteiger partial charge in [-0.1, -0.05) is 6.07 Å². The van der Waals surface area contributed by atoms with Gasteiger partial charge in [0.15, 0.2) is 5.65 Å². The quantitative estimate of drug-likeness (QED) is 0.556. The Morgan fingerprint density at radius 1 is 1.28 bits per heavy atom. The summed E-state index contributed by atoms with van der Waals surface area (Å²) in [5.74, 6) is 1.11. The van der Waals surface area contributed by atoms with Crippen LogP contribution in [0, 0.1) is 0 Å². The molecule has 1 aliphatic rings. The molecule has 1 atom stereocenters. The summed E-state index contributed by atoms with van der Waals surface area (Å²) in [6.07, 6.45) is 4.01. The number of nitrogens with zero attached hydrogens (tertiary/aromatic N) is 3. The van der Waals surface area contributed by atoms with E-state index in [1.165, 1.54) is 0 Å². The molecule has 1 fully saturated rings. The van der Waals surface area contributed by atoms with Crippen molar-refractivity contribution in [2.24, 2.45) is 0 Å². The van der Waals surface area contributed by atoms with Gasteiger partial charge < -0.3 is 10.1 Å². The van der Waals surface area contributed by atoms with Gasteiger partial charge in [-0.2, -0.15) is 5.10 Å². The van der Waals surface area contributed by atoms with E-state index in [9.17, 15) is 4.79 Å². The number of amides is 1. The predicted octanol–water partition coefficient (Wildman–Crippen LogP) is 5.15. The average molecular weight is 457 g/mol. The molecule has 1 N–H and O–H groups in total. The smallest absolute Gasteiger partial charge is 0.252 e. The van der Waals surface area contributed by atoms with E-state index in [2.05, 4.69) is 40.2 Å². The maximum absolute atomic E-state index is 13.2. The van der Waals surface area contributed by atoms with Crippen molar-refractivity contribution in [1.82, 2.24) is 20.1 Å². The molecule has 7 heteroatoms. The van der Waals surface area contributed by atoms with Crippen molar-refractivity contribution in [3.8, 4) is 5.75 Å². The van der Waals surface area contributed by atoms with Crippen LogP contribution in [0.15, 0.2) is 34.9 Å². The molecule has 0 spiro atoms. The van der Waals surface area contributed by atoms with Crippen molar-refractivity contribution in [2.45, 2.75) is 51.6 Å². The first-order valence-corrected chi connectivity index (χ1v) is 10.7. The number of methoxy groups -OCH3 is 1. The van der Waals surface area contributed by atoms with Gasteiger partial charge in [0.1, 0.15) is 5.75 Å². The molecular formula is C22H25BrN4O2. The van der Waals surface area contributed by atoms with Gasteiger partial charge in [-0.15, -0.1) is 0 Å². The second-order valence-corrected chi connectivity index (χ2v) is 8.73. The predicted molar refractivity (Wildman–Crippen MR) is 116 cm³/mol. The summed E-state index contributed by atoms with van der Waals surface area (Å²) in [4.78, 5) is 18.0. The first kappa shape index (κ1) is 19.9. The second-order valence-electron chi connectivity index (χ2n) is 7.88. The first-order chi connectivity index (χ1) is 13.9. The van der Waals surface area contributed by atoms with Crippen molar-refractivity contribution in [2.75, 3.05) is 7.11 Å². The lowest BCUT2D eigenvalue weighted by atomic mass is 10.1. The lowest BCUT2D eigenvalue weighted by Crippen LogP contribution is -2.27. The maximum atomic E-state index is 13.2. The van der Waals surface area contributed by atoms with Crippen molar-refractivity contribution in [3.63, 3.8) is 0 Å². The van der Waals surface area contributed by atoms with Crippen LogP contribution in [0.4, 0.5) is 0 Å². The third kappa shape index (κ3) is 3.88. The molecule has 1 amide bonds. The fourth-order valence-corrected chi connectivity index (χ4v) is 4.06. The normalized spacial score (nSPS) is 15.0. The molecule has 1 unspecified atom stereocenters. The number of nitrogens with one attached hydrogen (secondary N) is 1. The number of ether oxygens (including phenoxy) is 1. The minimum absolute atomic E-state index is 0.109. The standard InChI is InChI=1S/C22H25BrN4O2/c1-12(2)27-21-17(11-24-27)16(10-19(26-21)14-5-6-14)22(28)25-13(3)15-7-8-20(29-4)18(23)9-15/h7-14H,5-6H2,1-4H3,(H,25,28). The van der Waals surface area contributed by atoms with Crippen molar-refractivity contribution >= 4 is 32.9 Å². The highest BCUT2D eigenvalue weighted by Crippen LogP contribution is 2.40.